The van der Waals surface area contributed by atoms with E-state index in [4.69, 9.17) is 4.74 Å². The zero-order chi connectivity index (χ0) is 22.3. The number of benzene rings is 1. The number of carbonyl (C=O) groups excluding carboxylic acids is 3. The van der Waals surface area contributed by atoms with Crippen molar-refractivity contribution in [3.8, 4) is 0 Å². The van der Waals surface area contributed by atoms with E-state index >= 15 is 0 Å². The molecule has 4 rings (SSSR count). The lowest BCUT2D eigenvalue weighted by Crippen LogP contribution is -2.56. The number of ether oxygens (including phenoxy) is 1. The number of amides is 3. The molecule has 1 N–H and O–H groups in total. The largest absolute Gasteiger partial charge is 0.378 e. The van der Waals surface area contributed by atoms with E-state index in [1.54, 1.807) is 11.0 Å². The maximum Gasteiger partial charge on any atom is 0.262 e. The fourth-order valence-electron chi connectivity index (χ4n) is 4.35. The van der Waals surface area contributed by atoms with Crippen LogP contribution >= 0.6 is 11.3 Å². The molecule has 3 amide bonds. The zero-order valence-electron chi connectivity index (χ0n) is 18.1. The Bertz CT molecular complexity index is 905. The summed E-state index contributed by atoms with van der Waals surface area (Å²) in [6, 6.07) is 12.7. The van der Waals surface area contributed by atoms with Gasteiger partial charge in [0.1, 0.15) is 6.04 Å². The van der Waals surface area contributed by atoms with E-state index < -0.39 is 6.04 Å². The van der Waals surface area contributed by atoms with Crippen LogP contribution < -0.4 is 5.32 Å². The van der Waals surface area contributed by atoms with Crippen LogP contribution in [0, 0.1) is 5.92 Å². The molecule has 0 spiro atoms. The summed E-state index contributed by atoms with van der Waals surface area (Å²) in [5.41, 5.74) is 1.00. The highest BCUT2D eigenvalue weighted by Crippen LogP contribution is 2.24. The number of likely N-dealkylation sites (tertiary alicyclic amines) is 1. The third-order valence-corrected chi connectivity index (χ3v) is 7.05. The van der Waals surface area contributed by atoms with E-state index in [2.05, 4.69) is 5.32 Å². The van der Waals surface area contributed by atoms with Gasteiger partial charge >= 0.3 is 0 Å². The number of thiophene rings is 1. The normalized spacial score (nSPS) is 18.2. The van der Waals surface area contributed by atoms with Gasteiger partial charge in [0.15, 0.2) is 0 Å². The van der Waals surface area contributed by atoms with Crippen LogP contribution in [0.5, 0.6) is 0 Å². The van der Waals surface area contributed by atoms with Gasteiger partial charge in [-0.05, 0) is 35.8 Å². The lowest BCUT2D eigenvalue weighted by atomic mass is 9.88. The average molecular weight is 456 g/mol. The fraction of sp³-hybridized carbons (Fsp3) is 0.458. The van der Waals surface area contributed by atoms with Gasteiger partial charge in [0.2, 0.25) is 11.8 Å². The van der Waals surface area contributed by atoms with Crippen LogP contribution in [-0.4, -0.2) is 73.0 Å². The highest BCUT2D eigenvalue weighted by atomic mass is 32.1. The van der Waals surface area contributed by atoms with Gasteiger partial charge in [-0.2, -0.15) is 0 Å². The highest BCUT2D eigenvalue weighted by Gasteiger charge is 2.36. The maximum absolute atomic E-state index is 13.3. The van der Waals surface area contributed by atoms with Crippen LogP contribution in [0.3, 0.4) is 0 Å². The first kappa shape index (κ1) is 22.5. The van der Waals surface area contributed by atoms with Crippen molar-refractivity contribution in [2.24, 2.45) is 5.92 Å². The molecule has 0 aliphatic carbocycles. The standard InChI is InChI=1S/C24H29N3O4S/c28-21(17-18-5-2-1-3-6-18)26-10-8-19(9-11-26)22(24(30)27-12-14-31-15-13-27)25-23(29)20-7-4-16-32-20/h1-7,16,19,22H,8-15,17H2,(H,25,29). The molecule has 0 saturated carbocycles. The third-order valence-electron chi connectivity index (χ3n) is 6.18. The van der Waals surface area contributed by atoms with Crippen molar-refractivity contribution in [3.05, 3.63) is 58.3 Å². The van der Waals surface area contributed by atoms with Crippen molar-refractivity contribution < 1.29 is 19.1 Å². The number of hydrogen-bond acceptors (Lipinski definition) is 5. The fourth-order valence-corrected chi connectivity index (χ4v) is 4.97. The monoisotopic (exact) mass is 455 g/mol. The minimum atomic E-state index is -0.589. The smallest absolute Gasteiger partial charge is 0.262 e. The van der Waals surface area contributed by atoms with Crippen LogP contribution in [0.2, 0.25) is 0 Å². The molecule has 7 nitrogen and oxygen atoms in total. The molecule has 0 bridgehead atoms. The number of rotatable bonds is 6. The number of piperidine rings is 1. The maximum atomic E-state index is 13.3. The summed E-state index contributed by atoms with van der Waals surface area (Å²) in [5.74, 6) is -0.162. The Morgan fingerprint density at radius 3 is 2.34 bits per heavy atom. The Kier molecular flexibility index (Phi) is 7.55. The molecule has 0 radical (unpaired) electrons. The van der Waals surface area contributed by atoms with Crippen molar-refractivity contribution in [2.45, 2.75) is 25.3 Å². The summed E-state index contributed by atoms with van der Waals surface area (Å²) >= 11 is 1.36. The molecule has 3 heterocycles. The molecule has 2 aliphatic heterocycles. The van der Waals surface area contributed by atoms with Crippen molar-refractivity contribution in [1.29, 1.82) is 0 Å². The first-order chi connectivity index (χ1) is 15.6. The van der Waals surface area contributed by atoms with Crippen molar-refractivity contribution in [1.82, 2.24) is 15.1 Å². The van der Waals surface area contributed by atoms with Crippen LogP contribution in [0.25, 0.3) is 0 Å². The van der Waals surface area contributed by atoms with E-state index in [1.807, 2.05) is 46.7 Å². The second-order valence-corrected chi connectivity index (χ2v) is 9.19. The summed E-state index contributed by atoms with van der Waals surface area (Å²) in [7, 11) is 0. The highest BCUT2D eigenvalue weighted by molar-refractivity contribution is 7.12. The summed E-state index contributed by atoms with van der Waals surface area (Å²) in [6.45, 7) is 3.31. The second-order valence-electron chi connectivity index (χ2n) is 8.25. The SMILES string of the molecule is O=C(NC(C(=O)N1CCOCC1)C1CCN(C(=O)Cc2ccccc2)CC1)c1cccs1. The molecular formula is C24H29N3O4S. The Morgan fingerprint density at radius 2 is 1.69 bits per heavy atom. The molecule has 1 unspecified atom stereocenters. The van der Waals surface area contributed by atoms with Crippen molar-refractivity contribution in [2.75, 3.05) is 39.4 Å². The summed E-state index contributed by atoms with van der Waals surface area (Å²) in [4.78, 5) is 43.1. The molecule has 2 saturated heterocycles. The van der Waals surface area contributed by atoms with Crippen LogP contribution in [0.4, 0.5) is 0 Å². The predicted octanol–water partition coefficient (Wildman–Crippen LogP) is 2.19. The minimum absolute atomic E-state index is 0.00460. The summed E-state index contributed by atoms with van der Waals surface area (Å²) < 4.78 is 5.38. The van der Waals surface area contributed by atoms with Gasteiger partial charge in [0.25, 0.3) is 5.91 Å². The van der Waals surface area contributed by atoms with Crippen LogP contribution in [0.15, 0.2) is 47.8 Å². The quantitative estimate of drug-likeness (QED) is 0.724. The Labute approximate surface area is 192 Å². The molecule has 8 heteroatoms. The molecule has 2 aliphatic rings. The molecule has 32 heavy (non-hydrogen) atoms. The minimum Gasteiger partial charge on any atom is -0.378 e. The van der Waals surface area contributed by atoms with E-state index in [-0.39, 0.29) is 23.6 Å². The van der Waals surface area contributed by atoms with E-state index in [1.165, 1.54) is 11.3 Å². The molecule has 1 atom stereocenters. The van der Waals surface area contributed by atoms with E-state index in [9.17, 15) is 14.4 Å². The number of nitrogens with zero attached hydrogens (tertiary/aromatic N) is 2. The van der Waals surface area contributed by atoms with Crippen molar-refractivity contribution in [3.63, 3.8) is 0 Å². The summed E-state index contributed by atoms with van der Waals surface area (Å²) in [6.07, 6.45) is 1.76. The third kappa shape index (κ3) is 5.55. The molecule has 170 valence electrons. The van der Waals surface area contributed by atoms with Gasteiger partial charge < -0.3 is 19.9 Å². The van der Waals surface area contributed by atoms with Crippen LogP contribution in [0.1, 0.15) is 28.1 Å². The molecular weight excluding hydrogens is 426 g/mol. The molecule has 1 aromatic carbocycles. The van der Waals surface area contributed by atoms with E-state index in [0.29, 0.717) is 63.5 Å². The lowest BCUT2D eigenvalue weighted by Gasteiger charge is -2.38. The molecule has 2 fully saturated rings. The number of hydrogen-bond donors (Lipinski definition) is 1. The second kappa shape index (κ2) is 10.7. The van der Waals surface area contributed by atoms with Crippen LogP contribution in [-0.2, 0) is 20.7 Å². The molecule has 2 aromatic rings. The van der Waals surface area contributed by atoms with E-state index in [0.717, 1.165) is 5.56 Å². The lowest BCUT2D eigenvalue weighted by molar-refractivity contribution is -0.139. The predicted molar refractivity (Wildman–Crippen MR) is 122 cm³/mol. The summed E-state index contributed by atoms with van der Waals surface area (Å²) in [5, 5.41) is 4.86. The van der Waals surface area contributed by atoms with Gasteiger partial charge in [-0.1, -0.05) is 36.4 Å². The Balaban J connectivity index is 1.40. The number of nitrogens with one attached hydrogen (secondary N) is 1. The Hall–Kier alpha value is -2.71. The zero-order valence-corrected chi connectivity index (χ0v) is 18.9. The van der Waals surface area contributed by atoms with Crippen molar-refractivity contribution >= 4 is 29.1 Å². The topological polar surface area (TPSA) is 79.0 Å². The van der Waals surface area contributed by atoms with Gasteiger partial charge in [0.05, 0.1) is 24.5 Å². The van der Waals surface area contributed by atoms with Gasteiger partial charge in [-0.3, -0.25) is 14.4 Å². The first-order valence-corrected chi connectivity index (χ1v) is 12.0. The number of morpholine rings is 1. The van der Waals surface area contributed by atoms with Gasteiger partial charge in [-0.25, -0.2) is 0 Å². The Morgan fingerprint density at radius 1 is 0.969 bits per heavy atom. The first-order valence-electron chi connectivity index (χ1n) is 11.1. The van der Waals surface area contributed by atoms with Gasteiger partial charge in [-0.15, -0.1) is 11.3 Å². The number of carbonyl (C=O) groups is 3. The molecule has 1 aromatic heterocycles. The van der Waals surface area contributed by atoms with Gasteiger partial charge in [0, 0.05) is 26.2 Å². The average Bonchev–Trinajstić information content (AvgIpc) is 3.39.